The summed E-state index contributed by atoms with van der Waals surface area (Å²) in [5.74, 6) is 0.762. The van der Waals surface area contributed by atoms with Gasteiger partial charge in [-0.3, -0.25) is 10.1 Å². The van der Waals surface area contributed by atoms with Gasteiger partial charge in [-0.15, -0.1) is 11.8 Å². The number of nitro groups is 1. The van der Waals surface area contributed by atoms with Gasteiger partial charge < -0.3 is 10.5 Å². The van der Waals surface area contributed by atoms with E-state index in [2.05, 4.69) is 0 Å². The standard InChI is InChI=1S/C18H22N2O3S/c1-3-16(20(21)22)18(24-17-8-6-5-7-15(17)19)13-9-11-14(12-10-13)23-4-2/h5-12,16,18H,3-4,19H2,1-2H3. The van der Waals surface area contributed by atoms with Crippen LogP contribution in [0.5, 0.6) is 5.75 Å². The lowest BCUT2D eigenvalue weighted by molar-refractivity contribution is -0.522. The van der Waals surface area contributed by atoms with Crippen LogP contribution in [-0.2, 0) is 0 Å². The second kappa shape index (κ2) is 8.59. The molecule has 5 nitrogen and oxygen atoms in total. The second-order valence-electron chi connectivity index (χ2n) is 5.34. The molecule has 0 amide bonds. The fraction of sp³-hybridized carbons (Fsp3) is 0.333. The Kier molecular flexibility index (Phi) is 6.49. The average Bonchev–Trinajstić information content (AvgIpc) is 2.57. The van der Waals surface area contributed by atoms with Gasteiger partial charge in [-0.25, -0.2) is 0 Å². The molecule has 128 valence electrons. The topological polar surface area (TPSA) is 78.4 Å². The summed E-state index contributed by atoms with van der Waals surface area (Å²) in [6.07, 6.45) is 0.449. The van der Waals surface area contributed by atoms with E-state index in [1.165, 1.54) is 11.8 Å². The smallest absolute Gasteiger partial charge is 0.228 e. The number of benzene rings is 2. The quantitative estimate of drug-likeness (QED) is 0.328. The van der Waals surface area contributed by atoms with Crippen molar-refractivity contribution in [1.82, 2.24) is 0 Å². The Morgan fingerprint density at radius 3 is 2.38 bits per heavy atom. The number of nitrogen functional groups attached to an aromatic ring is 1. The number of nitrogens with two attached hydrogens (primary N) is 1. The summed E-state index contributed by atoms with van der Waals surface area (Å²) in [5, 5.41) is 11.2. The highest BCUT2D eigenvalue weighted by Gasteiger charge is 2.32. The molecule has 2 atom stereocenters. The molecule has 0 aliphatic carbocycles. The molecule has 2 N–H and O–H groups in total. The molecule has 0 spiro atoms. The van der Waals surface area contributed by atoms with Crippen LogP contribution in [0.1, 0.15) is 31.1 Å². The van der Waals surface area contributed by atoms with Gasteiger partial charge in [0.05, 0.1) is 6.61 Å². The van der Waals surface area contributed by atoms with E-state index in [4.69, 9.17) is 10.5 Å². The monoisotopic (exact) mass is 346 g/mol. The number of ether oxygens (including phenoxy) is 1. The summed E-state index contributed by atoms with van der Waals surface area (Å²) in [6, 6.07) is 14.3. The first-order chi connectivity index (χ1) is 11.6. The number of rotatable bonds is 8. The molecule has 0 heterocycles. The predicted molar refractivity (Wildman–Crippen MR) is 98.1 cm³/mol. The lowest BCUT2D eigenvalue weighted by atomic mass is 10.0. The van der Waals surface area contributed by atoms with Crippen molar-refractivity contribution in [2.45, 2.75) is 36.5 Å². The van der Waals surface area contributed by atoms with E-state index in [-0.39, 0.29) is 10.2 Å². The molecule has 2 aromatic rings. The van der Waals surface area contributed by atoms with Crippen molar-refractivity contribution < 1.29 is 9.66 Å². The summed E-state index contributed by atoms with van der Waals surface area (Å²) in [4.78, 5) is 12.2. The minimum absolute atomic E-state index is 0.201. The molecule has 0 bridgehead atoms. The maximum atomic E-state index is 11.5. The van der Waals surface area contributed by atoms with Gasteiger partial charge in [0, 0.05) is 21.9 Å². The minimum atomic E-state index is -0.687. The van der Waals surface area contributed by atoms with Gasteiger partial charge in [0.15, 0.2) is 0 Å². The third-order valence-corrected chi connectivity index (χ3v) is 5.20. The SMILES string of the molecule is CCOc1ccc(C(Sc2ccccc2N)C(CC)[N+](=O)[O-])cc1. The zero-order chi connectivity index (χ0) is 17.5. The van der Waals surface area contributed by atoms with Crippen molar-refractivity contribution in [3.05, 3.63) is 64.2 Å². The molecule has 0 aliphatic rings. The largest absolute Gasteiger partial charge is 0.494 e. The average molecular weight is 346 g/mol. The highest BCUT2D eigenvalue weighted by molar-refractivity contribution is 7.99. The van der Waals surface area contributed by atoms with Crippen molar-refractivity contribution in [1.29, 1.82) is 0 Å². The van der Waals surface area contributed by atoms with Crippen molar-refractivity contribution in [3.8, 4) is 5.75 Å². The van der Waals surface area contributed by atoms with E-state index < -0.39 is 6.04 Å². The molecule has 2 unspecified atom stereocenters. The summed E-state index contributed by atoms with van der Waals surface area (Å²) in [5.41, 5.74) is 7.55. The first kappa shape index (κ1) is 18.1. The van der Waals surface area contributed by atoms with Crippen molar-refractivity contribution in [2.24, 2.45) is 0 Å². The predicted octanol–water partition coefficient (Wildman–Crippen LogP) is 4.56. The third kappa shape index (κ3) is 4.41. The summed E-state index contributed by atoms with van der Waals surface area (Å²) in [7, 11) is 0. The molecule has 0 fully saturated rings. The highest BCUT2D eigenvalue weighted by Crippen LogP contribution is 2.42. The normalized spacial score (nSPS) is 13.2. The molecule has 0 saturated heterocycles. The van der Waals surface area contributed by atoms with E-state index in [9.17, 15) is 10.1 Å². The summed E-state index contributed by atoms with van der Waals surface area (Å²) in [6.45, 7) is 4.35. The van der Waals surface area contributed by atoms with Crippen LogP contribution in [0, 0.1) is 10.1 Å². The lowest BCUT2D eigenvalue weighted by Gasteiger charge is -2.21. The van der Waals surface area contributed by atoms with E-state index in [1.807, 2.05) is 62.4 Å². The van der Waals surface area contributed by atoms with Crippen LogP contribution < -0.4 is 10.5 Å². The Morgan fingerprint density at radius 1 is 1.17 bits per heavy atom. The zero-order valence-electron chi connectivity index (χ0n) is 13.8. The summed E-state index contributed by atoms with van der Waals surface area (Å²) < 4.78 is 5.45. The van der Waals surface area contributed by atoms with Gasteiger partial charge in [0.2, 0.25) is 6.04 Å². The molecule has 2 aromatic carbocycles. The first-order valence-corrected chi connectivity index (χ1v) is 8.82. The summed E-state index contributed by atoms with van der Waals surface area (Å²) >= 11 is 1.44. The van der Waals surface area contributed by atoms with Crippen LogP contribution in [-0.4, -0.2) is 17.6 Å². The molecule has 6 heteroatoms. The first-order valence-electron chi connectivity index (χ1n) is 7.94. The lowest BCUT2D eigenvalue weighted by Crippen LogP contribution is -2.25. The van der Waals surface area contributed by atoms with Gasteiger partial charge in [-0.1, -0.05) is 31.2 Å². The Balaban J connectivity index is 2.35. The molecule has 0 aliphatic heterocycles. The van der Waals surface area contributed by atoms with E-state index in [0.29, 0.717) is 18.7 Å². The van der Waals surface area contributed by atoms with Crippen molar-refractivity contribution >= 4 is 17.4 Å². The molecule has 0 aromatic heterocycles. The Bertz CT molecular complexity index is 676. The molecule has 2 rings (SSSR count). The minimum Gasteiger partial charge on any atom is -0.494 e. The van der Waals surface area contributed by atoms with E-state index in [1.54, 1.807) is 0 Å². The Labute approximate surface area is 146 Å². The fourth-order valence-corrected chi connectivity index (χ4v) is 3.86. The fourth-order valence-electron chi connectivity index (χ4n) is 2.49. The van der Waals surface area contributed by atoms with E-state index >= 15 is 0 Å². The van der Waals surface area contributed by atoms with Crippen LogP contribution in [0.2, 0.25) is 0 Å². The van der Waals surface area contributed by atoms with Crippen molar-refractivity contribution in [3.63, 3.8) is 0 Å². The van der Waals surface area contributed by atoms with Gasteiger partial charge in [-0.2, -0.15) is 0 Å². The number of thioether (sulfide) groups is 1. The van der Waals surface area contributed by atoms with Gasteiger partial charge >= 0.3 is 0 Å². The maximum absolute atomic E-state index is 11.5. The van der Waals surface area contributed by atoms with Gasteiger partial charge in [-0.05, 0) is 36.8 Å². The number of anilines is 1. The maximum Gasteiger partial charge on any atom is 0.228 e. The third-order valence-electron chi connectivity index (χ3n) is 3.73. The highest BCUT2D eigenvalue weighted by atomic mass is 32.2. The van der Waals surface area contributed by atoms with Crippen molar-refractivity contribution in [2.75, 3.05) is 12.3 Å². The molecular weight excluding hydrogens is 324 g/mol. The van der Waals surface area contributed by atoms with Crippen LogP contribution in [0.25, 0.3) is 0 Å². The van der Waals surface area contributed by atoms with Crippen LogP contribution >= 0.6 is 11.8 Å². The van der Waals surface area contributed by atoms with Crippen LogP contribution in [0.3, 0.4) is 0 Å². The number of hydrogen-bond acceptors (Lipinski definition) is 5. The Morgan fingerprint density at radius 2 is 1.83 bits per heavy atom. The second-order valence-corrected chi connectivity index (χ2v) is 6.52. The van der Waals surface area contributed by atoms with Gasteiger partial charge in [0.1, 0.15) is 11.0 Å². The molecular formula is C18H22N2O3S. The molecule has 24 heavy (non-hydrogen) atoms. The number of nitrogens with zero attached hydrogens (tertiary/aromatic N) is 1. The van der Waals surface area contributed by atoms with Gasteiger partial charge in [0.25, 0.3) is 0 Å². The van der Waals surface area contributed by atoms with Crippen LogP contribution in [0.4, 0.5) is 5.69 Å². The number of hydrogen-bond donors (Lipinski definition) is 1. The molecule has 0 radical (unpaired) electrons. The Hall–Kier alpha value is -2.21. The van der Waals surface area contributed by atoms with E-state index in [0.717, 1.165) is 16.2 Å². The zero-order valence-corrected chi connectivity index (χ0v) is 14.7. The van der Waals surface area contributed by atoms with Crippen LogP contribution in [0.15, 0.2) is 53.4 Å². The molecule has 0 saturated carbocycles. The number of para-hydroxylation sites is 1.